The lowest BCUT2D eigenvalue weighted by Gasteiger charge is -2.08. The lowest BCUT2D eigenvalue weighted by atomic mass is 10.4. The molecule has 88 valence electrons. The van der Waals surface area contributed by atoms with Crippen molar-refractivity contribution < 1.29 is 27.8 Å². The third-order valence-electron chi connectivity index (χ3n) is 1.42. The molecular formula is C8H7F3N2O3. The standard InChI is InChI=1S/C8H7F3N2O3/c1-4-12-5(7(14)15)2-6(13-4)16-3-8(9,10)11/h2H,3H2,1H3,(H,14,15). The Morgan fingerprint density at radius 1 is 1.50 bits per heavy atom. The van der Waals surface area contributed by atoms with Gasteiger partial charge in [-0.05, 0) is 6.92 Å². The number of carboxylic acid groups (broad SMARTS) is 1. The van der Waals surface area contributed by atoms with Gasteiger partial charge in [0.1, 0.15) is 5.82 Å². The SMILES string of the molecule is Cc1nc(OCC(F)(F)F)cc(C(=O)O)n1. The highest BCUT2D eigenvalue weighted by Crippen LogP contribution is 2.17. The number of aromatic nitrogens is 2. The van der Waals surface area contributed by atoms with Crippen LogP contribution in [0.25, 0.3) is 0 Å². The van der Waals surface area contributed by atoms with Gasteiger partial charge in [0.25, 0.3) is 0 Å². The highest BCUT2D eigenvalue weighted by atomic mass is 19.4. The quantitative estimate of drug-likeness (QED) is 0.859. The number of hydrogen-bond acceptors (Lipinski definition) is 4. The van der Waals surface area contributed by atoms with Crippen molar-refractivity contribution in [2.45, 2.75) is 13.1 Å². The van der Waals surface area contributed by atoms with Crippen LogP contribution in [-0.2, 0) is 0 Å². The Morgan fingerprint density at radius 2 is 2.12 bits per heavy atom. The average molecular weight is 236 g/mol. The number of halogens is 3. The summed E-state index contributed by atoms with van der Waals surface area (Å²) in [4.78, 5) is 17.6. The fourth-order valence-corrected chi connectivity index (χ4v) is 0.880. The lowest BCUT2D eigenvalue weighted by Crippen LogP contribution is -2.20. The van der Waals surface area contributed by atoms with Crippen LogP contribution in [0.2, 0.25) is 0 Å². The summed E-state index contributed by atoms with van der Waals surface area (Å²) >= 11 is 0. The lowest BCUT2D eigenvalue weighted by molar-refractivity contribution is -0.154. The second-order valence-electron chi connectivity index (χ2n) is 2.85. The molecule has 8 heteroatoms. The van der Waals surface area contributed by atoms with Gasteiger partial charge in [0.05, 0.1) is 0 Å². The first kappa shape index (κ1) is 12.2. The number of nitrogens with zero attached hydrogens (tertiary/aromatic N) is 2. The average Bonchev–Trinajstić information content (AvgIpc) is 2.13. The Hall–Kier alpha value is -1.86. The molecule has 1 heterocycles. The fourth-order valence-electron chi connectivity index (χ4n) is 0.880. The van der Waals surface area contributed by atoms with Crippen LogP contribution < -0.4 is 4.74 Å². The van der Waals surface area contributed by atoms with Gasteiger partial charge in [-0.3, -0.25) is 0 Å². The molecule has 0 fully saturated rings. The molecule has 1 N–H and O–H groups in total. The maximum atomic E-state index is 11.8. The smallest absolute Gasteiger partial charge is 0.422 e. The third-order valence-corrected chi connectivity index (χ3v) is 1.42. The Labute approximate surface area is 87.9 Å². The largest absolute Gasteiger partial charge is 0.477 e. The summed E-state index contributed by atoms with van der Waals surface area (Å²) in [6, 6.07) is 0.834. The molecule has 0 atom stereocenters. The minimum absolute atomic E-state index is 0.0251. The number of carbonyl (C=O) groups is 1. The maximum absolute atomic E-state index is 11.8. The number of aryl methyl sites for hydroxylation is 1. The van der Waals surface area contributed by atoms with Crippen molar-refractivity contribution in [1.29, 1.82) is 0 Å². The number of carboxylic acids is 1. The minimum atomic E-state index is -4.50. The zero-order valence-corrected chi connectivity index (χ0v) is 8.08. The summed E-state index contributed by atoms with van der Waals surface area (Å²) < 4.78 is 39.8. The molecule has 5 nitrogen and oxygen atoms in total. The topological polar surface area (TPSA) is 72.3 Å². The van der Waals surface area contributed by atoms with Gasteiger partial charge in [0.2, 0.25) is 5.88 Å². The van der Waals surface area contributed by atoms with Gasteiger partial charge in [0.15, 0.2) is 12.3 Å². The maximum Gasteiger partial charge on any atom is 0.422 e. The van der Waals surface area contributed by atoms with E-state index >= 15 is 0 Å². The molecule has 0 aliphatic rings. The first-order valence-corrected chi connectivity index (χ1v) is 4.06. The summed E-state index contributed by atoms with van der Waals surface area (Å²) in [7, 11) is 0. The molecule has 0 aliphatic heterocycles. The van der Waals surface area contributed by atoms with Gasteiger partial charge in [-0.15, -0.1) is 0 Å². The molecule has 0 aromatic carbocycles. The first-order chi connectivity index (χ1) is 7.28. The number of alkyl halides is 3. The van der Waals surface area contributed by atoms with Crippen molar-refractivity contribution in [3.8, 4) is 5.88 Å². The van der Waals surface area contributed by atoms with Gasteiger partial charge in [-0.1, -0.05) is 0 Å². The molecule has 0 saturated carbocycles. The summed E-state index contributed by atoms with van der Waals surface area (Å²) in [6.45, 7) is -0.171. The molecule has 0 saturated heterocycles. The van der Waals surface area contributed by atoms with Crippen LogP contribution in [-0.4, -0.2) is 33.8 Å². The summed E-state index contributed by atoms with van der Waals surface area (Å²) in [6.07, 6.45) is -4.50. The second-order valence-corrected chi connectivity index (χ2v) is 2.85. The van der Waals surface area contributed by atoms with Crippen molar-refractivity contribution in [1.82, 2.24) is 9.97 Å². The van der Waals surface area contributed by atoms with Gasteiger partial charge in [-0.2, -0.15) is 18.2 Å². The van der Waals surface area contributed by atoms with E-state index in [1.54, 1.807) is 0 Å². The second kappa shape index (κ2) is 4.33. The van der Waals surface area contributed by atoms with Gasteiger partial charge in [0, 0.05) is 6.07 Å². The molecule has 1 aromatic rings. The summed E-state index contributed by atoms with van der Waals surface area (Å²) in [5, 5.41) is 8.59. The van der Waals surface area contributed by atoms with Crippen molar-refractivity contribution in [3.05, 3.63) is 17.6 Å². The Morgan fingerprint density at radius 3 is 2.62 bits per heavy atom. The number of rotatable bonds is 3. The molecule has 16 heavy (non-hydrogen) atoms. The molecular weight excluding hydrogens is 229 g/mol. The van der Waals surface area contributed by atoms with Crippen LogP contribution in [0.5, 0.6) is 5.88 Å². The van der Waals surface area contributed by atoms with Crippen molar-refractivity contribution in [2.24, 2.45) is 0 Å². The van der Waals surface area contributed by atoms with E-state index in [0.29, 0.717) is 0 Å². The molecule has 0 unspecified atom stereocenters. The van der Waals surface area contributed by atoms with Crippen molar-refractivity contribution in [2.75, 3.05) is 6.61 Å². The molecule has 0 amide bonds. The Balaban J connectivity index is 2.85. The van der Waals surface area contributed by atoms with Crippen LogP contribution in [0.1, 0.15) is 16.3 Å². The predicted molar refractivity (Wildman–Crippen MR) is 45.3 cm³/mol. The van der Waals surface area contributed by atoms with Crippen LogP contribution in [0.3, 0.4) is 0 Å². The summed E-state index contributed by atoms with van der Waals surface area (Å²) in [5.74, 6) is -1.75. The van der Waals surface area contributed by atoms with E-state index in [1.807, 2.05) is 0 Å². The van der Waals surface area contributed by atoms with Gasteiger partial charge in [-0.25, -0.2) is 9.78 Å². The van der Waals surface area contributed by atoms with Crippen molar-refractivity contribution >= 4 is 5.97 Å². The zero-order valence-electron chi connectivity index (χ0n) is 8.08. The minimum Gasteiger partial charge on any atom is -0.477 e. The third kappa shape index (κ3) is 3.71. The van der Waals surface area contributed by atoms with Gasteiger partial charge >= 0.3 is 12.1 Å². The molecule has 0 radical (unpaired) electrons. The fraction of sp³-hybridized carbons (Fsp3) is 0.375. The van der Waals surface area contributed by atoms with E-state index in [9.17, 15) is 18.0 Å². The molecule has 1 rings (SSSR count). The van der Waals surface area contributed by atoms with E-state index in [1.165, 1.54) is 6.92 Å². The normalized spacial score (nSPS) is 11.2. The predicted octanol–water partition coefficient (Wildman–Crippen LogP) is 1.42. The highest BCUT2D eigenvalue weighted by molar-refractivity contribution is 5.85. The number of hydrogen-bond donors (Lipinski definition) is 1. The van der Waals surface area contributed by atoms with E-state index in [0.717, 1.165) is 6.07 Å². The zero-order chi connectivity index (χ0) is 12.3. The molecule has 0 aliphatic carbocycles. The van der Waals surface area contributed by atoms with E-state index in [2.05, 4.69) is 14.7 Å². The van der Waals surface area contributed by atoms with E-state index in [4.69, 9.17) is 5.11 Å². The summed E-state index contributed by atoms with van der Waals surface area (Å²) in [5.41, 5.74) is -0.412. The van der Waals surface area contributed by atoms with Crippen molar-refractivity contribution in [3.63, 3.8) is 0 Å². The Bertz CT molecular complexity index is 406. The number of aromatic carboxylic acids is 1. The number of ether oxygens (including phenoxy) is 1. The van der Waals surface area contributed by atoms with Crippen LogP contribution in [0.4, 0.5) is 13.2 Å². The first-order valence-electron chi connectivity index (χ1n) is 4.06. The van der Waals surface area contributed by atoms with Gasteiger partial charge < -0.3 is 9.84 Å². The molecule has 0 bridgehead atoms. The van der Waals surface area contributed by atoms with E-state index in [-0.39, 0.29) is 5.82 Å². The van der Waals surface area contributed by atoms with Crippen LogP contribution >= 0.6 is 0 Å². The molecule has 1 aromatic heterocycles. The monoisotopic (exact) mass is 236 g/mol. The Kier molecular flexibility index (Phi) is 3.31. The van der Waals surface area contributed by atoms with Crippen LogP contribution in [0.15, 0.2) is 6.07 Å². The molecule has 0 spiro atoms. The van der Waals surface area contributed by atoms with E-state index < -0.39 is 30.3 Å². The van der Waals surface area contributed by atoms with Crippen LogP contribution in [0, 0.1) is 6.92 Å². The highest BCUT2D eigenvalue weighted by Gasteiger charge is 2.28.